The van der Waals surface area contributed by atoms with Crippen LogP contribution in [0.2, 0.25) is 0 Å². The van der Waals surface area contributed by atoms with Gasteiger partial charge in [0.25, 0.3) is 0 Å². The molecule has 1 amide bonds. The lowest BCUT2D eigenvalue weighted by Crippen LogP contribution is -2.49. The molecule has 3 fully saturated rings. The Labute approximate surface area is 126 Å². The highest BCUT2D eigenvalue weighted by Crippen LogP contribution is 2.43. The van der Waals surface area contributed by atoms with Gasteiger partial charge in [0.2, 0.25) is 5.91 Å². The van der Waals surface area contributed by atoms with Crippen LogP contribution in [0.3, 0.4) is 0 Å². The average Bonchev–Trinajstić information content (AvgIpc) is 2.93. The molecule has 4 nitrogen and oxygen atoms in total. The number of amides is 1. The summed E-state index contributed by atoms with van der Waals surface area (Å²) in [5.41, 5.74) is -0.0873. The zero-order valence-electron chi connectivity index (χ0n) is 12.3. The second kappa shape index (κ2) is 6.67. The van der Waals surface area contributed by atoms with Gasteiger partial charge in [-0.15, -0.1) is 0 Å². The van der Waals surface area contributed by atoms with Crippen LogP contribution >= 0.6 is 11.8 Å². The van der Waals surface area contributed by atoms with E-state index in [2.05, 4.69) is 15.5 Å². The third-order valence-electron chi connectivity index (χ3n) is 5.31. The predicted molar refractivity (Wildman–Crippen MR) is 84.0 cm³/mol. The van der Waals surface area contributed by atoms with E-state index in [1.54, 1.807) is 0 Å². The molecule has 0 unspecified atom stereocenters. The highest BCUT2D eigenvalue weighted by Gasteiger charge is 2.49. The van der Waals surface area contributed by atoms with E-state index in [0.29, 0.717) is 11.8 Å². The Morgan fingerprint density at radius 2 is 2.20 bits per heavy atom. The molecule has 2 N–H and O–H groups in total. The van der Waals surface area contributed by atoms with E-state index in [9.17, 15) is 4.79 Å². The third-order valence-corrected chi connectivity index (χ3v) is 6.25. The molecule has 5 heteroatoms. The number of hydrogen-bond acceptors (Lipinski definition) is 4. The number of fused-ring (bicyclic) bond motifs is 1. The minimum Gasteiger partial charge on any atom is -0.354 e. The van der Waals surface area contributed by atoms with Crippen molar-refractivity contribution in [2.24, 2.45) is 11.3 Å². The number of nitrogens with one attached hydrogen (secondary N) is 2. The monoisotopic (exact) mass is 297 g/mol. The lowest BCUT2D eigenvalue weighted by Gasteiger charge is -2.37. The summed E-state index contributed by atoms with van der Waals surface area (Å²) in [5, 5.41) is 6.69. The molecule has 1 aliphatic carbocycles. The van der Waals surface area contributed by atoms with Crippen molar-refractivity contribution >= 4 is 17.7 Å². The fraction of sp³-hybridized carbons (Fsp3) is 0.933. The van der Waals surface area contributed by atoms with Crippen LogP contribution in [0.15, 0.2) is 0 Å². The van der Waals surface area contributed by atoms with E-state index in [4.69, 9.17) is 0 Å². The van der Waals surface area contributed by atoms with Crippen LogP contribution in [0.5, 0.6) is 0 Å². The van der Waals surface area contributed by atoms with Crippen molar-refractivity contribution in [3.63, 3.8) is 0 Å². The molecule has 1 saturated carbocycles. The van der Waals surface area contributed by atoms with Gasteiger partial charge in [-0.3, -0.25) is 9.69 Å². The summed E-state index contributed by atoms with van der Waals surface area (Å²) in [5.74, 6) is 3.37. The van der Waals surface area contributed by atoms with E-state index in [1.165, 1.54) is 43.9 Å². The molecule has 114 valence electrons. The Morgan fingerprint density at radius 1 is 1.35 bits per heavy atom. The first kappa shape index (κ1) is 14.7. The fourth-order valence-electron chi connectivity index (χ4n) is 4.02. The molecule has 3 rings (SSSR count). The van der Waals surface area contributed by atoms with Crippen molar-refractivity contribution in [1.29, 1.82) is 0 Å². The Bertz CT molecular complexity index is 346. The molecule has 20 heavy (non-hydrogen) atoms. The van der Waals surface area contributed by atoms with Gasteiger partial charge < -0.3 is 10.6 Å². The van der Waals surface area contributed by atoms with Crippen LogP contribution in [0.4, 0.5) is 0 Å². The van der Waals surface area contributed by atoms with Crippen LogP contribution in [-0.2, 0) is 4.79 Å². The molecule has 0 bridgehead atoms. The second-order valence-electron chi connectivity index (χ2n) is 6.44. The summed E-state index contributed by atoms with van der Waals surface area (Å²) in [6.07, 6.45) is 4.82. The van der Waals surface area contributed by atoms with E-state index < -0.39 is 0 Å². The predicted octanol–water partition coefficient (Wildman–Crippen LogP) is 0.931. The third kappa shape index (κ3) is 3.00. The average molecular weight is 297 g/mol. The summed E-state index contributed by atoms with van der Waals surface area (Å²) in [6.45, 7) is 6.12. The molecule has 3 aliphatic rings. The van der Waals surface area contributed by atoms with Crippen LogP contribution in [0.1, 0.15) is 25.7 Å². The first-order valence-electron chi connectivity index (χ1n) is 8.10. The summed E-state index contributed by atoms with van der Waals surface area (Å²) in [7, 11) is 0. The number of nitrogens with zero attached hydrogens (tertiary/aromatic N) is 1. The highest BCUT2D eigenvalue weighted by atomic mass is 32.2. The van der Waals surface area contributed by atoms with Gasteiger partial charge >= 0.3 is 0 Å². The molecule has 0 radical (unpaired) electrons. The van der Waals surface area contributed by atoms with Gasteiger partial charge in [-0.05, 0) is 25.3 Å². The topological polar surface area (TPSA) is 44.4 Å². The van der Waals surface area contributed by atoms with Crippen molar-refractivity contribution < 1.29 is 4.79 Å². The van der Waals surface area contributed by atoms with E-state index in [0.717, 1.165) is 32.6 Å². The Balaban J connectivity index is 1.48. The normalized spacial score (nSPS) is 34.7. The smallest absolute Gasteiger partial charge is 0.227 e. The van der Waals surface area contributed by atoms with Crippen molar-refractivity contribution in [3.05, 3.63) is 0 Å². The maximum absolute atomic E-state index is 12.7. The largest absolute Gasteiger partial charge is 0.354 e. The van der Waals surface area contributed by atoms with E-state index >= 15 is 0 Å². The molecule has 0 spiro atoms. The van der Waals surface area contributed by atoms with Gasteiger partial charge in [-0.2, -0.15) is 11.8 Å². The maximum atomic E-state index is 12.7. The van der Waals surface area contributed by atoms with Gasteiger partial charge in [-0.1, -0.05) is 12.8 Å². The van der Waals surface area contributed by atoms with Crippen LogP contribution in [0, 0.1) is 11.3 Å². The van der Waals surface area contributed by atoms with Gasteiger partial charge in [0, 0.05) is 44.2 Å². The second-order valence-corrected chi connectivity index (χ2v) is 7.66. The molecular formula is C15H27N3OS. The van der Waals surface area contributed by atoms with E-state index in [-0.39, 0.29) is 5.41 Å². The SMILES string of the molecule is O=C(NCCN1CCSCC1)[C@@]12CCCC[C@H]1CNC2. The van der Waals surface area contributed by atoms with Crippen molar-refractivity contribution in [2.45, 2.75) is 25.7 Å². The lowest BCUT2D eigenvalue weighted by atomic mass is 9.67. The van der Waals surface area contributed by atoms with Crippen LogP contribution in [0.25, 0.3) is 0 Å². The summed E-state index contributed by atoms with van der Waals surface area (Å²) < 4.78 is 0. The molecule has 2 saturated heterocycles. The summed E-state index contributed by atoms with van der Waals surface area (Å²) in [6, 6.07) is 0. The Hall–Kier alpha value is -0.260. The molecular weight excluding hydrogens is 270 g/mol. The Morgan fingerprint density at radius 3 is 3.05 bits per heavy atom. The quantitative estimate of drug-likeness (QED) is 0.810. The zero-order valence-corrected chi connectivity index (χ0v) is 13.1. The van der Waals surface area contributed by atoms with E-state index in [1.807, 2.05) is 11.8 Å². The molecule has 0 aromatic rings. The summed E-state index contributed by atoms with van der Waals surface area (Å²) >= 11 is 2.04. The molecule has 0 aromatic carbocycles. The molecule has 2 atom stereocenters. The molecule has 0 aromatic heterocycles. The fourth-order valence-corrected chi connectivity index (χ4v) is 5.00. The van der Waals surface area contributed by atoms with Gasteiger partial charge in [-0.25, -0.2) is 0 Å². The number of carbonyl (C=O) groups is 1. The summed E-state index contributed by atoms with van der Waals surface area (Å²) in [4.78, 5) is 15.1. The minimum absolute atomic E-state index is 0.0873. The Kier molecular flexibility index (Phi) is 4.89. The van der Waals surface area contributed by atoms with Crippen molar-refractivity contribution in [1.82, 2.24) is 15.5 Å². The van der Waals surface area contributed by atoms with Gasteiger partial charge in [0.15, 0.2) is 0 Å². The molecule has 2 heterocycles. The standard InChI is InChI=1S/C15H27N3OS/c19-14(17-5-6-18-7-9-20-10-8-18)15-4-2-1-3-13(15)11-16-12-15/h13,16H,1-12H2,(H,17,19)/t13-,15+/m0/s1. The van der Waals surface area contributed by atoms with Crippen molar-refractivity contribution in [3.8, 4) is 0 Å². The maximum Gasteiger partial charge on any atom is 0.227 e. The zero-order chi connectivity index (χ0) is 13.8. The van der Waals surface area contributed by atoms with Crippen molar-refractivity contribution in [2.75, 3.05) is 50.8 Å². The minimum atomic E-state index is -0.0873. The van der Waals surface area contributed by atoms with Gasteiger partial charge in [0.05, 0.1) is 5.41 Å². The number of rotatable bonds is 4. The lowest BCUT2D eigenvalue weighted by molar-refractivity contribution is -0.134. The van der Waals surface area contributed by atoms with Crippen LogP contribution in [-0.4, -0.2) is 61.6 Å². The first-order chi connectivity index (χ1) is 9.81. The number of thioether (sulfide) groups is 1. The van der Waals surface area contributed by atoms with Gasteiger partial charge in [0.1, 0.15) is 0 Å². The molecule has 2 aliphatic heterocycles. The first-order valence-corrected chi connectivity index (χ1v) is 9.26. The number of hydrogen-bond donors (Lipinski definition) is 2. The number of carbonyl (C=O) groups excluding carboxylic acids is 1. The van der Waals surface area contributed by atoms with Crippen LogP contribution < -0.4 is 10.6 Å². The highest BCUT2D eigenvalue weighted by molar-refractivity contribution is 7.99.